The van der Waals surface area contributed by atoms with Gasteiger partial charge in [-0.1, -0.05) is 58.0 Å². The van der Waals surface area contributed by atoms with Gasteiger partial charge in [0.15, 0.2) is 0 Å². The van der Waals surface area contributed by atoms with E-state index in [0.29, 0.717) is 39.0 Å². The number of nitrogens with one attached hydrogen (secondary N) is 1. The van der Waals surface area contributed by atoms with Crippen LogP contribution in [0.5, 0.6) is 0 Å². The van der Waals surface area contributed by atoms with E-state index in [4.69, 9.17) is 0 Å². The number of rotatable bonds is 9. The van der Waals surface area contributed by atoms with Gasteiger partial charge in [-0.3, -0.25) is 14.4 Å². The molecule has 0 saturated carbocycles. The van der Waals surface area contributed by atoms with E-state index in [-0.39, 0.29) is 29.6 Å². The van der Waals surface area contributed by atoms with Crippen molar-refractivity contribution in [2.24, 2.45) is 11.8 Å². The zero-order chi connectivity index (χ0) is 22.1. The number of nitrogens with zero attached hydrogens (tertiary/aromatic N) is 2. The van der Waals surface area contributed by atoms with Crippen LogP contribution in [0.25, 0.3) is 0 Å². The average Bonchev–Trinajstić information content (AvgIpc) is 2.71. The second-order valence-corrected chi connectivity index (χ2v) is 8.93. The smallest absolute Gasteiger partial charge is 0.245 e. The molecular formula is C24H37N3O3. The van der Waals surface area contributed by atoms with E-state index < -0.39 is 6.04 Å². The predicted octanol–water partition coefficient (Wildman–Crippen LogP) is 2.87. The van der Waals surface area contributed by atoms with Gasteiger partial charge >= 0.3 is 0 Å². The Hall–Kier alpha value is -2.37. The molecular weight excluding hydrogens is 378 g/mol. The minimum absolute atomic E-state index is 0.0197. The zero-order valence-corrected chi connectivity index (χ0v) is 18.9. The summed E-state index contributed by atoms with van der Waals surface area (Å²) < 4.78 is 0. The quantitative estimate of drug-likeness (QED) is 0.674. The van der Waals surface area contributed by atoms with Crippen LogP contribution >= 0.6 is 0 Å². The third-order valence-corrected chi connectivity index (χ3v) is 5.49. The van der Waals surface area contributed by atoms with Crippen molar-refractivity contribution in [3.05, 3.63) is 35.9 Å². The number of carbonyl (C=O) groups is 3. The molecule has 1 aliphatic heterocycles. The van der Waals surface area contributed by atoms with Gasteiger partial charge in [0.25, 0.3) is 0 Å². The molecule has 0 spiro atoms. The highest BCUT2D eigenvalue weighted by molar-refractivity contribution is 5.88. The van der Waals surface area contributed by atoms with Gasteiger partial charge in [-0.2, -0.15) is 0 Å². The summed E-state index contributed by atoms with van der Waals surface area (Å²) in [6.45, 7) is 10.0. The summed E-state index contributed by atoms with van der Waals surface area (Å²) in [5.74, 6) is 0.307. The van der Waals surface area contributed by atoms with Gasteiger partial charge in [0.2, 0.25) is 17.7 Å². The van der Waals surface area contributed by atoms with Crippen LogP contribution in [0.4, 0.5) is 0 Å². The molecule has 3 amide bonds. The van der Waals surface area contributed by atoms with E-state index in [0.717, 1.165) is 12.8 Å². The number of hydrogen-bond donors (Lipinski definition) is 1. The summed E-state index contributed by atoms with van der Waals surface area (Å²) in [7, 11) is 0. The minimum Gasteiger partial charge on any atom is -0.344 e. The summed E-state index contributed by atoms with van der Waals surface area (Å²) in [6.07, 6.45) is 2.68. The Morgan fingerprint density at radius 3 is 2.10 bits per heavy atom. The maximum atomic E-state index is 13.0. The van der Waals surface area contributed by atoms with Gasteiger partial charge < -0.3 is 15.1 Å². The molecule has 1 saturated heterocycles. The first-order chi connectivity index (χ1) is 14.3. The first-order valence-electron chi connectivity index (χ1n) is 11.2. The predicted molar refractivity (Wildman–Crippen MR) is 119 cm³/mol. The van der Waals surface area contributed by atoms with Gasteiger partial charge in [-0.05, 0) is 30.2 Å². The fourth-order valence-corrected chi connectivity index (χ4v) is 3.74. The standard InChI is InChI=1S/C24H37N3O3/c1-18(2)17-21(28)25-23(19(3)4)24(30)27-15-13-26(14-16-27)22(29)12-8-11-20-9-6-5-7-10-20/h5-7,9-10,18-19,23H,8,11-17H2,1-4H3,(H,25,28). The molecule has 166 valence electrons. The van der Waals surface area contributed by atoms with E-state index in [1.807, 2.05) is 50.8 Å². The first-order valence-corrected chi connectivity index (χ1v) is 11.2. The number of amides is 3. The summed E-state index contributed by atoms with van der Waals surface area (Å²) in [5, 5.41) is 2.91. The van der Waals surface area contributed by atoms with Crippen LogP contribution in [0.3, 0.4) is 0 Å². The number of benzene rings is 1. The van der Waals surface area contributed by atoms with Crippen LogP contribution < -0.4 is 5.32 Å². The van der Waals surface area contributed by atoms with Gasteiger partial charge in [0.05, 0.1) is 0 Å². The monoisotopic (exact) mass is 415 g/mol. The first kappa shape index (κ1) is 23.9. The fraction of sp³-hybridized carbons (Fsp3) is 0.625. The van der Waals surface area contributed by atoms with Crippen LogP contribution in [-0.2, 0) is 20.8 Å². The Balaban J connectivity index is 1.79. The SMILES string of the molecule is CC(C)CC(=O)NC(C(=O)N1CCN(C(=O)CCCc2ccccc2)CC1)C(C)C. The maximum Gasteiger partial charge on any atom is 0.245 e. The molecule has 1 N–H and O–H groups in total. The molecule has 0 bridgehead atoms. The third kappa shape index (κ3) is 7.47. The Kier molecular flexibility index (Phi) is 9.34. The molecule has 0 aromatic heterocycles. The van der Waals surface area contributed by atoms with E-state index in [9.17, 15) is 14.4 Å². The lowest BCUT2D eigenvalue weighted by atomic mass is 10.0. The molecule has 1 fully saturated rings. The largest absolute Gasteiger partial charge is 0.344 e. The molecule has 0 radical (unpaired) electrons. The van der Waals surface area contributed by atoms with Crippen molar-refractivity contribution in [3.63, 3.8) is 0 Å². The van der Waals surface area contributed by atoms with E-state index >= 15 is 0 Å². The van der Waals surface area contributed by atoms with Gasteiger partial charge in [-0.25, -0.2) is 0 Å². The molecule has 0 aliphatic carbocycles. The summed E-state index contributed by atoms with van der Waals surface area (Å²) >= 11 is 0. The number of carbonyl (C=O) groups excluding carboxylic acids is 3. The number of aryl methyl sites for hydroxylation is 1. The van der Waals surface area contributed by atoms with Crippen molar-refractivity contribution in [2.75, 3.05) is 26.2 Å². The summed E-state index contributed by atoms with van der Waals surface area (Å²) in [4.78, 5) is 41.3. The summed E-state index contributed by atoms with van der Waals surface area (Å²) in [5.41, 5.74) is 1.25. The van der Waals surface area contributed by atoms with Crippen molar-refractivity contribution in [2.45, 2.75) is 59.4 Å². The number of piperazine rings is 1. The molecule has 1 aromatic carbocycles. The maximum absolute atomic E-state index is 13.0. The zero-order valence-electron chi connectivity index (χ0n) is 18.9. The van der Waals surface area contributed by atoms with Gasteiger partial charge in [0.1, 0.15) is 6.04 Å². The van der Waals surface area contributed by atoms with Crippen molar-refractivity contribution >= 4 is 17.7 Å². The van der Waals surface area contributed by atoms with Crippen LogP contribution in [0.15, 0.2) is 30.3 Å². The molecule has 30 heavy (non-hydrogen) atoms. The lowest BCUT2D eigenvalue weighted by Gasteiger charge is -2.37. The molecule has 1 atom stereocenters. The topological polar surface area (TPSA) is 69.7 Å². The van der Waals surface area contributed by atoms with Crippen LogP contribution in [0.2, 0.25) is 0 Å². The second-order valence-electron chi connectivity index (χ2n) is 8.93. The molecule has 1 unspecified atom stereocenters. The molecule has 1 aromatic rings. The Labute approximate surface area is 181 Å². The van der Waals surface area contributed by atoms with Gasteiger partial charge in [-0.15, -0.1) is 0 Å². The Morgan fingerprint density at radius 1 is 0.933 bits per heavy atom. The molecule has 6 nitrogen and oxygen atoms in total. The highest BCUT2D eigenvalue weighted by Gasteiger charge is 2.31. The highest BCUT2D eigenvalue weighted by atomic mass is 16.2. The normalized spacial score (nSPS) is 15.4. The van der Waals surface area contributed by atoms with Crippen LogP contribution in [-0.4, -0.2) is 59.7 Å². The highest BCUT2D eigenvalue weighted by Crippen LogP contribution is 2.13. The Morgan fingerprint density at radius 2 is 1.53 bits per heavy atom. The lowest BCUT2D eigenvalue weighted by Crippen LogP contribution is -2.57. The van der Waals surface area contributed by atoms with Crippen molar-refractivity contribution in [3.8, 4) is 0 Å². The van der Waals surface area contributed by atoms with E-state index in [2.05, 4.69) is 17.4 Å². The molecule has 2 rings (SSSR count). The van der Waals surface area contributed by atoms with Crippen molar-refractivity contribution in [1.29, 1.82) is 0 Å². The lowest BCUT2D eigenvalue weighted by molar-refractivity contribution is -0.142. The number of hydrogen-bond acceptors (Lipinski definition) is 3. The van der Waals surface area contributed by atoms with Gasteiger partial charge in [0, 0.05) is 39.0 Å². The fourth-order valence-electron chi connectivity index (χ4n) is 3.74. The van der Waals surface area contributed by atoms with Crippen LogP contribution in [0.1, 0.15) is 52.5 Å². The summed E-state index contributed by atoms with van der Waals surface area (Å²) in [6, 6.07) is 9.69. The molecule has 1 aliphatic rings. The Bertz CT molecular complexity index is 695. The molecule has 6 heteroatoms. The van der Waals surface area contributed by atoms with Crippen molar-refractivity contribution in [1.82, 2.24) is 15.1 Å². The second kappa shape index (κ2) is 11.7. The molecule has 1 heterocycles. The minimum atomic E-state index is -0.510. The average molecular weight is 416 g/mol. The van der Waals surface area contributed by atoms with E-state index in [1.165, 1.54) is 5.56 Å². The van der Waals surface area contributed by atoms with Crippen LogP contribution in [0, 0.1) is 11.8 Å². The third-order valence-electron chi connectivity index (χ3n) is 5.49. The van der Waals surface area contributed by atoms with Crippen molar-refractivity contribution < 1.29 is 14.4 Å². The van der Waals surface area contributed by atoms with E-state index in [1.54, 1.807) is 4.90 Å².